The molecular weight excluding hydrogens is 363 g/mol. The number of halogens is 1. The van der Waals surface area contributed by atoms with Crippen LogP contribution in [-0.4, -0.2) is 50.6 Å². The van der Waals surface area contributed by atoms with E-state index < -0.39 is 0 Å². The highest BCUT2D eigenvalue weighted by Crippen LogP contribution is 2.16. The molecule has 0 spiro atoms. The first-order valence-electron chi connectivity index (χ1n) is 9.04. The maximum absolute atomic E-state index is 12.8. The highest BCUT2D eigenvalue weighted by Gasteiger charge is 2.10. The molecule has 0 aliphatic heterocycles. The number of ether oxygens (including phenoxy) is 2. The Labute approximate surface area is 164 Å². The molecule has 0 radical (unpaired) electrons. The van der Waals surface area contributed by atoms with Gasteiger partial charge < -0.3 is 19.7 Å². The van der Waals surface area contributed by atoms with Crippen molar-refractivity contribution in [3.63, 3.8) is 0 Å². The van der Waals surface area contributed by atoms with Crippen LogP contribution in [0.25, 0.3) is 0 Å². The molecule has 0 aliphatic rings. The number of nitrogens with zero attached hydrogens (tertiary/aromatic N) is 1. The fourth-order valence-electron chi connectivity index (χ4n) is 2.43. The number of hydrogen-bond donors (Lipinski definition) is 1. The molecule has 2 aromatic rings. The van der Waals surface area contributed by atoms with E-state index in [-0.39, 0.29) is 17.6 Å². The van der Waals surface area contributed by atoms with Gasteiger partial charge in [-0.3, -0.25) is 9.59 Å². The number of amides is 2. The van der Waals surface area contributed by atoms with E-state index in [0.717, 1.165) is 5.75 Å². The molecule has 0 fully saturated rings. The number of benzene rings is 2. The van der Waals surface area contributed by atoms with Crippen molar-refractivity contribution in [3.8, 4) is 11.5 Å². The summed E-state index contributed by atoms with van der Waals surface area (Å²) in [4.78, 5) is 25.6. The van der Waals surface area contributed by atoms with Gasteiger partial charge in [0.25, 0.3) is 5.91 Å². The third-order valence-corrected chi connectivity index (χ3v) is 4.14. The van der Waals surface area contributed by atoms with Crippen molar-refractivity contribution in [3.05, 3.63) is 59.9 Å². The predicted octanol–water partition coefficient (Wildman–Crippen LogP) is 2.88. The molecule has 0 atom stereocenters. The average molecular weight is 388 g/mol. The van der Waals surface area contributed by atoms with Crippen LogP contribution >= 0.6 is 0 Å². The van der Waals surface area contributed by atoms with Crippen molar-refractivity contribution in [2.45, 2.75) is 12.8 Å². The standard InChI is InChI=1S/C21H25FN2O4/c1-24(14-15-28-19-11-9-18(27-2)10-12-19)20(25)4-3-13-23-21(26)16-5-7-17(22)8-6-16/h5-12H,3-4,13-15H2,1-2H3,(H,23,26). The van der Waals surface area contributed by atoms with Crippen LogP contribution in [-0.2, 0) is 4.79 Å². The maximum atomic E-state index is 12.8. The van der Waals surface area contributed by atoms with Crippen molar-refractivity contribution in [2.24, 2.45) is 0 Å². The summed E-state index contributed by atoms with van der Waals surface area (Å²) in [6.07, 6.45) is 0.845. The van der Waals surface area contributed by atoms with Crippen LogP contribution in [0.2, 0.25) is 0 Å². The lowest BCUT2D eigenvalue weighted by Crippen LogP contribution is -2.32. The van der Waals surface area contributed by atoms with Crippen LogP contribution in [0.4, 0.5) is 4.39 Å². The van der Waals surface area contributed by atoms with Crippen molar-refractivity contribution in [2.75, 3.05) is 33.9 Å². The van der Waals surface area contributed by atoms with Gasteiger partial charge in [0.2, 0.25) is 5.91 Å². The van der Waals surface area contributed by atoms with E-state index in [2.05, 4.69) is 5.32 Å². The molecule has 6 nitrogen and oxygen atoms in total. The molecule has 0 unspecified atom stereocenters. The van der Waals surface area contributed by atoms with Crippen LogP contribution in [0.1, 0.15) is 23.2 Å². The molecule has 0 saturated heterocycles. The number of carbonyl (C=O) groups is 2. The Kier molecular flexibility index (Phi) is 8.27. The van der Waals surface area contributed by atoms with E-state index in [1.165, 1.54) is 24.3 Å². The molecule has 2 aromatic carbocycles. The van der Waals surface area contributed by atoms with Crippen LogP contribution < -0.4 is 14.8 Å². The van der Waals surface area contributed by atoms with Crippen molar-refractivity contribution in [1.82, 2.24) is 10.2 Å². The normalized spacial score (nSPS) is 10.2. The second-order valence-corrected chi connectivity index (χ2v) is 6.21. The largest absolute Gasteiger partial charge is 0.497 e. The van der Waals surface area contributed by atoms with Gasteiger partial charge >= 0.3 is 0 Å². The lowest BCUT2D eigenvalue weighted by Gasteiger charge is -2.17. The Morgan fingerprint density at radius 1 is 1.04 bits per heavy atom. The zero-order valence-corrected chi connectivity index (χ0v) is 16.1. The fraction of sp³-hybridized carbons (Fsp3) is 0.333. The molecule has 28 heavy (non-hydrogen) atoms. The minimum Gasteiger partial charge on any atom is -0.497 e. The average Bonchev–Trinajstić information content (AvgIpc) is 2.71. The number of carbonyl (C=O) groups excluding carboxylic acids is 2. The highest BCUT2D eigenvalue weighted by molar-refractivity contribution is 5.94. The number of hydrogen-bond acceptors (Lipinski definition) is 4. The molecule has 2 amide bonds. The third-order valence-electron chi connectivity index (χ3n) is 4.14. The first-order valence-corrected chi connectivity index (χ1v) is 9.04. The Balaban J connectivity index is 1.61. The molecule has 0 bridgehead atoms. The van der Waals surface area contributed by atoms with Crippen molar-refractivity contribution < 1.29 is 23.5 Å². The summed E-state index contributed by atoms with van der Waals surface area (Å²) in [5, 5.41) is 2.72. The second kappa shape index (κ2) is 10.9. The van der Waals surface area contributed by atoms with Gasteiger partial charge in [-0.2, -0.15) is 0 Å². The van der Waals surface area contributed by atoms with Crippen LogP contribution in [0.5, 0.6) is 11.5 Å². The summed E-state index contributed by atoms with van der Waals surface area (Å²) < 4.78 is 23.5. The monoisotopic (exact) mass is 388 g/mol. The predicted molar refractivity (Wildman–Crippen MR) is 104 cm³/mol. The molecule has 7 heteroatoms. The minimum atomic E-state index is -0.388. The molecule has 150 valence electrons. The lowest BCUT2D eigenvalue weighted by molar-refractivity contribution is -0.130. The molecule has 1 N–H and O–H groups in total. The Morgan fingerprint density at radius 3 is 2.32 bits per heavy atom. The molecular formula is C21H25FN2O4. The van der Waals surface area contributed by atoms with Crippen molar-refractivity contribution in [1.29, 1.82) is 0 Å². The van der Waals surface area contributed by atoms with E-state index in [1.807, 2.05) is 24.3 Å². The fourth-order valence-corrected chi connectivity index (χ4v) is 2.43. The van der Waals surface area contributed by atoms with Gasteiger partial charge in [-0.15, -0.1) is 0 Å². The molecule has 0 aromatic heterocycles. The van der Waals surface area contributed by atoms with E-state index in [4.69, 9.17) is 9.47 Å². The third kappa shape index (κ3) is 6.90. The van der Waals surface area contributed by atoms with Crippen LogP contribution in [0.3, 0.4) is 0 Å². The summed E-state index contributed by atoms with van der Waals surface area (Å²) in [6, 6.07) is 12.6. The zero-order valence-electron chi connectivity index (χ0n) is 16.1. The van der Waals surface area contributed by atoms with Gasteiger partial charge in [0.1, 0.15) is 23.9 Å². The zero-order chi connectivity index (χ0) is 20.4. The van der Waals surface area contributed by atoms with E-state index >= 15 is 0 Å². The lowest BCUT2D eigenvalue weighted by atomic mass is 10.2. The van der Waals surface area contributed by atoms with Gasteiger partial charge in [0.05, 0.1) is 13.7 Å². The summed E-state index contributed by atoms with van der Waals surface area (Å²) in [5.41, 5.74) is 0.389. The number of likely N-dealkylation sites (N-methyl/N-ethyl adjacent to an activating group) is 1. The smallest absolute Gasteiger partial charge is 0.251 e. The van der Waals surface area contributed by atoms with Gasteiger partial charge in [-0.05, 0) is 55.0 Å². The van der Waals surface area contributed by atoms with Gasteiger partial charge in [0.15, 0.2) is 0 Å². The summed E-state index contributed by atoms with van der Waals surface area (Å²) >= 11 is 0. The van der Waals surface area contributed by atoms with Crippen LogP contribution in [0, 0.1) is 5.82 Å². The topological polar surface area (TPSA) is 67.9 Å². The number of methoxy groups -OCH3 is 1. The maximum Gasteiger partial charge on any atom is 0.251 e. The Hall–Kier alpha value is -3.09. The minimum absolute atomic E-state index is 0.0191. The molecule has 0 saturated carbocycles. The van der Waals surface area contributed by atoms with Crippen molar-refractivity contribution >= 4 is 11.8 Å². The summed E-state index contributed by atoms with van der Waals surface area (Å²) in [7, 11) is 3.32. The number of nitrogens with one attached hydrogen (secondary N) is 1. The first-order chi connectivity index (χ1) is 13.5. The number of rotatable bonds is 10. The molecule has 0 aliphatic carbocycles. The van der Waals surface area contributed by atoms with Gasteiger partial charge in [0, 0.05) is 25.6 Å². The highest BCUT2D eigenvalue weighted by atomic mass is 19.1. The SMILES string of the molecule is COc1ccc(OCCN(C)C(=O)CCCNC(=O)c2ccc(F)cc2)cc1. The van der Waals surface area contributed by atoms with Crippen LogP contribution in [0.15, 0.2) is 48.5 Å². The molecule has 0 heterocycles. The van der Waals surface area contributed by atoms with E-state index in [0.29, 0.717) is 43.9 Å². The van der Waals surface area contributed by atoms with E-state index in [9.17, 15) is 14.0 Å². The molecule has 2 rings (SSSR count). The van der Waals surface area contributed by atoms with E-state index in [1.54, 1.807) is 19.1 Å². The van der Waals surface area contributed by atoms with Gasteiger partial charge in [-0.25, -0.2) is 4.39 Å². The Bertz CT molecular complexity index is 763. The quantitative estimate of drug-likeness (QED) is 0.636. The Morgan fingerprint density at radius 2 is 1.68 bits per heavy atom. The summed E-state index contributed by atoms with van der Waals surface area (Å²) in [5.74, 6) is 0.778. The first kappa shape index (κ1) is 21.2. The summed E-state index contributed by atoms with van der Waals surface area (Å²) in [6.45, 7) is 1.22. The second-order valence-electron chi connectivity index (χ2n) is 6.21. The van der Waals surface area contributed by atoms with Gasteiger partial charge in [-0.1, -0.05) is 0 Å².